The summed E-state index contributed by atoms with van der Waals surface area (Å²) in [5.41, 5.74) is 1.11. The van der Waals surface area contributed by atoms with E-state index in [2.05, 4.69) is 34.4 Å². The van der Waals surface area contributed by atoms with E-state index in [1.165, 1.54) is 6.07 Å². The van der Waals surface area contributed by atoms with E-state index in [-0.39, 0.29) is 55.3 Å². The molecule has 0 aliphatic carbocycles. The number of esters is 2. The summed E-state index contributed by atoms with van der Waals surface area (Å²) in [7, 11) is 2.06. The molecule has 1 fully saturated rings. The van der Waals surface area contributed by atoms with E-state index in [1.54, 1.807) is 63.6 Å². The van der Waals surface area contributed by atoms with Gasteiger partial charge < -0.3 is 48.4 Å². The van der Waals surface area contributed by atoms with Gasteiger partial charge in [0.15, 0.2) is 0 Å². The summed E-state index contributed by atoms with van der Waals surface area (Å²) >= 11 is 0. The number of carbonyl (C=O) groups is 3. The Morgan fingerprint density at radius 2 is 1.68 bits per heavy atom. The minimum absolute atomic E-state index is 0.0462. The van der Waals surface area contributed by atoms with E-state index in [0.29, 0.717) is 37.3 Å². The topological polar surface area (TPSA) is 135 Å². The number of amides is 1. The molecule has 3 heterocycles. The highest BCUT2D eigenvalue weighted by Gasteiger charge is 2.31. The van der Waals surface area contributed by atoms with E-state index in [9.17, 15) is 27.6 Å². The van der Waals surface area contributed by atoms with E-state index in [4.69, 9.17) is 23.7 Å². The molecule has 3 aromatic rings. The maximum Gasteiger partial charge on any atom is 0.408 e. The van der Waals surface area contributed by atoms with Crippen molar-refractivity contribution < 1.29 is 51.2 Å². The van der Waals surface area contributed by atoms with Gasteiger partial charge in [0, 0.05) is 43.0 Å². The predicted molar refractivity (Wildman–Crippen MR) is 205 cm³/mol. The van der Waals surface area contributed by atoms with Gasteiger partial charge in [-0.15, -0.1) is 0 Å². The number of likely N-dealkylation sites (tertiary alicyclic amines) is 1. The molecule has 56 heavy (non-hydrogen) atoms. The van der Waals surface area contributed by atoms with Crippen molar-refractivity contribution in [2.24, 2.45) is 5.92 Å². The molecule has 308 valence electrons. The quantitative estimate of drug-likeness (QED) is 0.0717. The largest absolute Gasteiger partial charge is 0.462 e. The third-order valence-electron chi connectivity index (χ3n) is 8.87. The molecule has 1 aliphatic rings. The molecule has 1 aliphatic heterocycles. The number of nitrogens with zero attached hydrogens (tertiary/aromatic N) is 3. The minimum atomic E-state index is -4.48. The van der Waals surface area contributed by atoms with Crippen molar-refractivity contribution in [3.05, 3.63) is 53.5 Å². The van der Waals surface area contributed by atoms with E-state index in [1.807, 2.05) is 6.07 Å². The van der Waals surface area contributed by atoms with E-state index in [0.717, 1.165) is 36.2 Å². The number of hydrogen-bond acceptors (Lipinski definition) is 10. The molecule has 0 radical (unpaired) electrons. The lowest BCUT2D eigenvalue weighted by Gasteiger charge is -2.38. The zero-order chi connectivity index (χ0) is 40.9. The number of fused-ring (bicyclic) bond motifs is 1. The Kier molecular flexibility index (Phi) is 16.1. The molecule has 2 aromatic heterocycles. The number of halogens is 3. The summed E-state index contributed by atoms with van der Waals surface area (Å²) in [6.07, 6.45) is -2.01. The van der Waals surface area contributed by atoms with Crippen LogP contribution in [0.5, 0.6) is 0 Å². The molecular formula is C40H54F3N5O8. The molecule has 1 saturated heterocycles. The molecule has 2 N–H and O–H groups in total. The second-order valence-corrected chi connectivity index (χ2v) is 14.5. The molecular weight excluding hydrogens is 735 g/mol. The molecule has 13 nitrogen and oxygen atoms in total. The normalized spacial score (nSPS) is 16.2. The second kappa shape index (κ2) is 20.4. The summed E-state index contributed by atoms with van der Waals surface area (Å²) in [6.45, 7) is 11.1. The Balaban J connectivity index is 1.33. The van der Waals surface area contributed by atoms with Crippen LogP contribution in [-0.4, -0.2) is 116 Å². The van der Waals surface area contributed by atoms with E-state index >= 15 is 0 Å². The van der Waals surface area contributed by atoms with Gasteiger partial charge in [-0.1, -0.05) is 12.0 Å². The molecule has 0 saturated carbocycles. The lowest BCUT2D eigenvalue weighted by Crippen LogP contribution is -2.45. The van der Waals surface area contributed by atoms with Crippen molar-refractivity contribution in [3.63, 3.8) is 0 Å². The highest BCUT2D eigenvalue weighted by Crippen LogP contribution is 2.32. The van der Waals surface area contributed by atoms with Crippen molar-refractivity contribution in [2.75, 3.05) is 71.6 Å². The van der Waals surface area contributed by atoms with Crippen molar-refractivity contribution in [2.45, 2.75) is 78.4 Å². The maximum absolute atomic E-state index is 13.7. The average Bonchev–Trinajstić information content (AvgIpc) is 3.70. The maximum atomic E-state index is 13.7. The summed E-state index contributed by atoms with van der Waals surface area (Å²) in [5.74, 6) is 4.71. The Labute approximate surface area is 326 Å². The van der Waals surface area contributed by atoms with E-state index < -0.39 is 36.4 Å². The van der Waals surface area contributed by atoms with Crippen LogP contribution in [0.1, 0.15) is 74.0 Å². The highest BCUT2D eigenvalue weighted by atomic mass is 19.4. The van der Waals surface area contributed by atoms with Crippen LogP contribution in [0.4, 0.5) is 23.7 Å². The molecule has 0 spiro atoms. The van der Waals surface area contributed by atoms with Crippen LogP contribution in [0.2, 0.25) is 0 Å². The van der Waals surface area contributed by atoms with Crippen LogP contribution >= 0.6 is 0 Å². The Bertz CT molecular complexity index is 1840. The molecule has 2 atom stereocenters. The Hall–Kier alpha value is -4.72. The van der Waals surface area contributed by atoms with Gasteiger partial charge >= 0.3 is 24.2 Å². The predicted octanol–water partition coefficient (Wildman–Crippen LogP) is 6.09. The molecule has 0 bridgehead atoms. The number of benzene rings is 1. The SMILES string of the molecule is CCOC(=O)c1cc(C(=O)OCC)n(CCOCCOCCC2CN(C)CCC2Nc2cccc3c2cc(C#CCNC(=O)OC(C)(C)C)n3CC(F)(F)F)c1. The van der Waals surface area contributed by atoms with Crippen LogP contribution in [0.15, 0.2) is 36.5 Å². The highest BCUT2D eigenvalue weighted by molar-refractivity contribution is 5.95. The van der Waals surface area contributed by atoms with Crippen molar-refractivity contribution in [3.8, 4) is 11.8 Å². The lowest BCUT2D eigenvalue weighted by molar-refractivity contribution is -0.140. The number of rotatable bonds is 17. The van der Waals surface area contributed by atoms with Crippen LogP contribution in [0.3, 0.4) is 0 Å². The monoisotopic (exact) mass is 789 g/mol. The zero-order valence-electron chi connectivity index (χ0n) is 33.1. The second-order valence-electron chi connectivity index (χ2n) is 14.5. The Morgan fingerprint density at radius 3 is 2.38 bits per heavy atom. The number of piperidine rings is 1. The molecule has 2 unspecified atom stereocenters. The number of anilines is 1. The number of ether oxygens (including phenoxy) is 5. The minimum Gasteiger partial charge on any atom is -0.462 e. The number of alkyl halides is 3. The van der Waals surface area contributed by atoms with Gasteiger partial charge in [-0.2, -0.15) is 13.2 Å². The summed E-state index contributed by atoms with van der Waals surface area (Å²) < 4.78 is 71.1. The molecule has 16 heteroatoms. The van der Waals surface area contributed by atoms with Gasteiger partial charge in [-0.25, -0.2) is 14.4 Å². The first kappa shape index (κ1) is 44.0. The van der Waals surface area contributed by atoms with Gasteiger partial charge in [-0.3, -0.25) is 0 Å². The van der Waals surface area contributed by atoms with Crippen LogP contribution in [-0.2, 0) is 36.8 Å². The van der Waals surface area contributed by atoms with Gasteiger partial charge in [0.25, 0.3) is 0 Å². The third-order valence-corrected chi connectivity index (χ3v) is 8.87. The first-order chi connectivity index (χ1) is 26.6. The molecule has 1 amide bonds. The zero-order valence-corrected chi connectivity index (χ0v) is 33.1. The van der Waals surface area contributed by atoms with Crippen LogP contribution in [0.25, 0.3) is 10.9 Å². The fourth-order valence-electron chi connectivity index (χ4n) is 6.44. The first-order valence-corrected chi connectivity index (χ1v) is 18.9. The molecule has 1 aromatic carbocycles. The first-order valence-electron chi connectivity index (χ1n) is 18.9. The standard InChI is InChI=1S/C40H54F3N5O8/c1-7-54-36(49)29-23-35(37(50)55-8-2)47(26-29)18-20-53-22-21-52-19-15-28-25-46(6)17-14-32(28)45-33-12-9-13-34-31(33)24-30(48(34)27-40(41,42)43)11-10-16-44-38(51)56-39(3,4)5/h9,12-13,23-24,26,28,32,45H,7-8,14-22,25,27H2,1-6H3,(H,44,51). The van der Waals surface area contributed by atoms with Gasteiger partial charge in [-0.05, 0) is 97.2 Å². The lowest BCUT2D eigenvalue weighted by atomic mass is 9.89. The van der Waals surface area contributed by atoms with Crippen molar-refractivity contribution in [1.82, 2.24) is 19.4 Å². The van der Waals surface area contributed by atoms with Crippen molar-refractivity contribution >= 4 is 34.6 Å². The van der Waals surface area contributed by atoms with Gasteiger partial charge in [0.05, 0.1) is 56.4 Å². The number of aromatic nitrogens is 2. The summed E-state index contributed by atoms with van der Waals surface area (Å²) in [4.78, 5) is 38.9. The fraction of sp³-hybridized carbons (Fsp3) is 0.575. The number of alkyl carbamates (subject to hydrolysis) is 1. The summed E-state index contributed by atoms with van der Waals surface area (Å²) in [6, 6.07) is 8.41. The number of hydrogen-bond donors (Lipinski definition) is 2. The smallest absolute Gasteiger partial charge is 0.408 e. The number of carbonyl (C=O) groups excluding carboxylic acids is 3. The fourth-order valence-corrected chi connectivity index (χ4v) is 6.44. The van der Waals surface area contributed by atoms with Gasteiger partial charge in [0.1, 0.15) is 17.8 Å². The number of nitrogens with one attached hydrogen (secondary N) is 2. The molecule has 4 rings (SSSR count). The average molecular weight is 790 g/mol. The van der Waals surface area contributed by atoms with Gasteiger partial charge in [0.2, 0.25) is 0 Å². The van der Waals surface area contributed by atoms with Crippen molar-refractivity contribution in [1.29, 1.82) is 0 Å². The van der Waals surface area contributed by atoms with Crippen LogP contribution in [0, 0.1) is 17.8 Å². The Morgan fingerprint density at radius 1 is 0.964 bits per heavy atom. The summed E-state index contributed by atoms with van der Waals surface area (Å²) in [5, 5.41) is 6.77. The third kappa shape index (κ3) is 13.5. The van der Waals surface area contributed by atoms with Crippen LogP contribution < -0.4 is 10.6 Å².